The van der Waals surface area contributed by atoms with Gasteiger partial charge in [-0.2, -0.15) is 0 Å². The van der Waals surface area contributed by atoms with E-state index in [2.05, 4.69) is 69.7 Å². The minimum atomic E-state index is -0.176. The molecule has 0 saturated heterocycles. The van der Waals surface area contributed by atoms with Gasteiger partial charge >= 0.3 is 0 Å². The molecule has 1 spiro atoms. The van der Waals surface area contributed by atoms with Crippen molar-refractivity contribution < 1.29 is 5.11 Å². The zero-order chi connectivity index (χ0) is 21.3. The second kappa shape index (κ2) is 6.99. The lowest BCUT2D eigenvalue weighted by molar-refractivity contribution is -0.228. The number of aromatic nitrogens is 1. The zero-order valence-corrected chi connectivity index (χ0v) is 19.2. The molecule has 3 aliphatic rings. The van der Waals surface area contributed by atoms with E-state index in [9.17, 15) is 5.11 Å². The summed E-state index contributed by atoms with van der Waals surface area (Å²) in [4.78, 5) is 3.56. The van der Waals surface area contributed by atoms with Crippen LogP contribution >= 0.6 is 0 Å². The number of hydrogen-bond acceptors (Lipinski definition) is 1. The fourth-order valence-electron chi connectivity index (χ4n) is 8.57. The van der Waals surface area contributed by atoms with Gasteiger partial charge in [-0.3, -0.25) is 0 Å². The Labute approximate surface area is 182 Å². The highest BCUT2D eigenvalue weighted by Crippen LogP contribution is 2.72. The lowest BCUT2D eigenvalue weighted by Crippen LogP contribution is -2.65. The molecule has 0 bridgehead atoms. The predicted octanol–water partition coefficient (Wildman–Crippen LogP) is 7.07. The van der Waals surface area contributed by atoms with Crippen molar-refractivity contribution in [2.45, 2.75) is 78.2 Å². The van der Waals surface area contributed by atoms with Crippen LogP contribution in [0.5, 0.6) is 0 Å². The van der Waals surface area contributed by atoms with Crippen LogP contribution in [0.1, 0.15) is 77.7 Å². The first-order valence-corrected chi connectivity index (χ1v) is 12.2. The van der Waals surface area contributed by atoms with Gasteiger partial charge in [-0.25, -0.2) is 0 Å². The maximum absolute atomic E-state index is 11.7. The summed E-state index contributed by atoms with van der Waals surface area (Å²) in [5.41, 5.74) is 4.27. The molecule has 1 aromatic heterocycles. The monoisotopic (exact) mass is 405 g/mol. The van der Waals surface area contributed by atoms with Gasteiger partial charge in [0.15, 0.2) is 0 Å². The number of para-hydroxylation sites is 1. The lowest BCUT2D eigenvalue weighted by Gasteiger charge is -2.69. The molecule has 2 N–H and O–H groups in total. The van der Waals surface area contributed by atoms with Crippen molar-refractivity contribution in [2.24, 2.45) is 34.5 Å². The number of benzene rings is 1. The summed E-state index contributed by atoms with van der Waals surface area (Å²) in [6.45, 7) is 14.2. The molecule has 162 valence electrons. The Hall–Kier alpha value is -1.54. The molecule has 1 aromatic carbocycles. The van der Waals surface area contributed by atoms with Gasteiger partial charge in [0, 0.05) is 22.5 Å². The van der Waals surface area contributed by atoms with Gasteiger partial charge in [-0.15, -0.1) is 0 Å². The Morgan fingerprint density at radius 1 is 1.10 bits per heavy atom. The Bertz CT molecular complexity index is 958. The molecule has 0 radical (unpaired) electrons. The van der Waals surface area contributed by atoms with Crippen molar-refractivity contribution in [2.75, 3.05) is 0 Å². The second-order valence-corrected chi connectivity index (χ2v) is 11.3. The van der Waals surface area contributed by atoms with Crippen LogP contribution in [0.3, 0.4) is 0 Å². The van der Waals surface area contributed by atoms with Crippen LogP contribution in [-0.4, -0.2) is 16.2 Å². The third-order valence-electron chi connectivity index (χ3n) is 10.2. The molecule has 3 aliphatic carbocycles. The average molecular weight is 406 g/mol. The molecule has 1 heterocycles. The molecule has 2 nitrogen and oxygen atoms in total. The molecule has 3 saturated carbocycles. The van der Waals surface area contributed by atoms with Crippen molar-refractivity contribution >= 4 is 10.9 Å². The normalized spacial score (nSPS) is 43.8. The van der Waals surface area contributed by atoms with Crippen LogP contribution < -0.4 is 0 Å². The highest BCUT2D eigenvalue weighted by Gasteiger charge is 2.67. The van der Waals surface area contributed by atoms with Crippen molar-refractivity contribution in [1.29, 1.82) is 0 Å². The predicted molar refractivity (Wildman–Crippen MR) is 125 cm³/mol. The van der Waals surface area contributed by atoms with Crippen LogP contribution in [0, 0.1) is 34.5 Å². The standard InChI is InChI=1S/C28H39NO/c1-17(2)20-13-15-28-24(30)11-10-19(4)27(28,5)14-12-18(3)26(28)25(20)22-16-29-23-9-7-6-8-21(22)23/h6-9,16,18-20,24-26,29-30H,1,10-15H2,2-5H3/t18-,19-,20+,24+,25?,26+,27+,28+/m1/s1. The third-order valence-corrected chi connectivity index (χ3v) is 10.2. The smallest absolute Gasteiger partial charge is 0.0604 e. The van der Waals surface area contributed by atoms with Gasteiger partial charge in [-0.05, 0) is 92.1 Å². The Balaban J connectivity index is 1.74. The van der Waals surface area contributed by atoms with Crippen molar-refractivity contribution in [3.63, 3.8) is 0 Å². The second-order valence-electron chi connectivity index (χ2n) is 11.3. The summed E-state index contributed by atoms with van der Waals surface area (Å²) >= 11 is 0. The number of nitrogens with one attached hydrogen (secondary N) is 1. The first-order valence-electron chi connectivity index (χ1n) is 12.2. The van der Waals surface area contributed by atoms with E-state index in [0.717, 1.165) is 19.3 Å². The van der Waals surface area contributed by atoms with Crippen molar-refractivity contribution in [3.8, 4) is 0 Å². The van der Waals surface area contributed by atoms with Crippen LogP contribution in [0.25, 0.3) is 10.9 Å². The number of rotatable bonds is 2. The Morgan fingerprint density at radius 2 is 1.87 bits per heavy atom. The summed E-state index contributed by atoms with van der Waals surface area (Å²) in [5, 5.41) is 13.1. The van der Waals surface area contributed by atoms with E-state index in [1.165, 1.54) is 41.3 Å². The fraction of sp³-hybridized carbons (Fsp3) is 0.643. The summed E-state index contributed by atoms with van der Waals surface area (Å²) in [5.74, 6) is 2.74. The molecular formula is C28H39NO. The summed E-state index contributed by atoms with van der Waals surface area (Å²) < 4.78 is 0. The van der Waals surface area contributed by atoms with E-state index in [0.29, 0.717) is 29.6 Å². The van der Waals surface area contributed by atoms with E-state index < -0.39 is 0 Å². The van der Waals surface area contributed by atoms with Gasteiger partial charge in [0.05, 0.1) is 6.10 Å². The quantitative estimate of drug-likeness (QED) is 0.515. The number of hydrogen-bond donors (Lipinski definition) is 2. The molecule has 1 unspecified atom stereocenters. The maximum atomic E-state index is 11.7. The zero-order valence-electron chi connectivity index (χ0n) is 19.2. The molecule has 30 heavy (non-hydrogen) atoms. The molecule has 5 rings (SSSR count). The van der Waals surface area contributed by atoms with Gasteiger partial charge < -0.3 is 10.1 Å². The Morgan fingerprint density at radius 3 is 2.63 bits per heavy atom. The number of fused-ring (bicyclic) bond motifs is 1. The largest absolute Gasteiger partial charge is 0.393 e. The number of aliphatic hydroxyl groups is 1. The summed E-state index contributed by atoms with van der Waals surface area (Å²) in [6, 6.07) is 8.76. The molecular weight excluding hydrogens is 366 g/mol. The minimum absolute atomic E-state index is 0.0251. The third kappa shape index (κ3) is 2.52. The van der Waals surface area contributed by atoms with Crippen molar-refractivity contribution in [1.82, 2.24) is 4.98 Å². The van der Waals surface area contributed by atoms with Crippen LogP contribution in [0.2, 0.25) is 0 Å². The SMILES string of the molecule is C=C(C)[C@@H]1CC[C@]23[C@H](C1c1c[nH]c4ccccc14)[C@H](C)CC[C@@]2(C)[C@H](C)CC[C@@H]3O. The topological polar surface area (TPSA) is 36.0 Å². The van der Waals surface area contributed by atoms with Crippen LogP contribution in [0.4, 0.5) is 0 Å². The molecule has 8 atom stereocenters. The molecule has 3 fully saturated rings. The van der Waals surface area contributed by atoms with Gasteiger partial charge in [0.25, 0.3) is 0 Å². The van der Waals surface area contributed by atoms with E-state index in [1.54, 1.807) is 0 Å². The van der Waals surface area contributed by atoms with E-state index in [1.807, 2.05) is 0 Å². The minimum Gasteiger partial charge on any atom is -0.393 e. The maximum Gasteiger partial charge on any atom is 0.0604 e. The first-order chi connectivity index (χ1) is 14.3. The number of allylic oxidation sites excluding steroid dienone is 1. The fourth-order valence-corrected chi connectivity index (χ4v) is 8.57. The highest BCUT2D eigenvalue weighted by molar-refractivity contribution is 5.83. The number of H-pyrrole nitrogens is 1. The molecule has 0 aliphatic heterocycles. The van der Waals surface area contributed by atoms with E-state index in [-0.39, 0.29) is 16.9 Å². The number of aromatic amines is 1. The van der Waals surface area contributed by atoms with Crippen LogP contribution in [0.15, 0.2) is 42.6 Å². The first kappa shape index (κ1) is 20.4. The molecule has 2 heteroatoms. The summed E-state index contributed by atoms with van der Waals surface area (Å²) in [6.07, 6.45) is 9.10. The van der Waals surface area contributed by atoms with E-state index >= 15 is 0 Å². The Kier molecular flexibility index (Phi) is 4.74. The highest BCUT2D eigenvalue weighted by atomic mass is 16.3. The number of aliphatic hydroxyl groups excluding tert-OH is 1. The molecule has 2 aromatic rings. The van der Waals surface area contributed by atoms with Gasteiger partial charge in [0.1, 0.15) is 0 Å². The summed E-state index contributed by atoms with van der Waals surface area (Å²) in [7, 11) is 0. The van der Waals surface area contributed by atoms with Crippen LogP contribution in [-0.2, 0) is 0 Å². The van der Waals surface area contributed by atoms with Gasteiger partial charge in [0.2, 0.25) is 0 Å². The van der Waals surface area contributed by atoms with E-state index in [4.69, 9.17) is 0 Å². The molecule has 0 amide bonds. The van der Waals surface area contributed by atoms with Gasteiger partial charge in [-0.1, -0.05) is 51.1 Å². The lowest BCUT2D eigenvalue weighted by atomic mass is 9.35. The van der Waals surface area contributed by atoms with Crippen molar-refractivity contribution in [3.05, 3.63) is 48.2 Å². The average Bonchev–Trinajstić information content (AvgIpc) is 3.16.